The molecule has 0 amide bonds. The normalized spacial score (nSPS) is 10.0. The Bertz CT molecular complexity index is 570. The van der Waals surface area contributed by atoms with Gasteiger partial charge in [0.1, 0.15) is 6.54 Å². The molecule has 2 rings (SSSR count). The number of non-ortho nitro benzene ring substituents is 1. The highest BCUT2D eigenvalue weighted by molar-refractivity contribution is 5.78. The smallest absolute Gasteiger partial charge is 0.270 e. The van der Waals surface area contributed by atoms with E-state index in [1.165, 1.54) is 0 Å². The summed E-state index contributed by atoms with van der Waals surface area (Å²) in [4.78, 5) is 10.3. The summed E-state index contributed by atoms with van der Waals surface area (Å²) in [7, 11) is 0. The number of rotatable bonds is 2. The number of aromatic nitrogens is 1. The maximum Gasteiger partial charge on any atom is 0.270 e. The van der Waals surface area contributed by atoms with Crippen LogP contribution in [0.15, 0.2) is 30.3 Å². The average molecular weight is 344 g/mol. The predicted octanol–water partition coefficient (Wildman–Crippen LogP) is -0.632. The van der Waals surface area contributed by atoms with Crippen molar-refractivity contribution in [3.05, 3.63) is 46.1 Å². The van der Waals surface area contributed by atoms with E-state index in [-0.39, 0.29) is 34.6 Å². The van der Waals surface area contributed by atoms with Gasteiger partial charge in [-0.1, -0.05) is 0 Å². The van der Waals surface area contributed by atoms with Crippen molar-refractivity contribution in [1.29, 1.82) is 0 Å². The van der Waals surface area contributed by atoms with Crippen LogP contribution < -0.4 is 28.5 Å². The largest absolute Gasteiger partial charge is 1.00 e. The van der Waals surface area contributed by atoms with E-state index < -0.39 is 0 Å². The summed E-state index contributed by atoms with van der Waals surface area (Å²) in [6.07, 6.45) is 0. The van der Waals surface area contributed by atoms with E-state index in [0.717, 1.165) is 23.1 Å². The molecular formula is C12H13IN2O2. The Morgan fingerprint density at radius 1 is 1.29 bits per heavy atom. The van der Waals surface area contributed by atoms with Gasteiger partial charge in [-0.3, -0.25) is 10.1 Å². The van der Waals surface area contributed by atoms with Crippen molar-refractivity contribution >= 4 is 16.6 Å². The monoisotopic (exact) mass is 344 g/mol. The molecule has 0 unspecified atom stereocenters. The molecule has 17 heavy (non-hydrogen) atoms. The van der Waals surface area contributed by atoms with Gasteiger partial charge >= 0.3 is 0 Å². The zero-order chi connectivity index (χ0) is 11.7. The van der Waals surface area contributed by atoms with Crippen LogP contribution in [0, 0.1) is 17.0 Å². The van der Waals surface area contributed by atoms with E-state index in [9.17, 15) is 10.1 Å². The van der Waals surface area contributed by atoms with Gasteiger partial charge in [-0.2, -0.15) is 4.57 Å². The van der Waals surface area contributed by atoms with Gasteiger partial charge in [-0.15, -0.1) is 0 Å². The van der Waals surface area contributed by atoms with Crippen LogP contribution in [-0.4, -0.2) is 4.92 Å². The van der Waals surface area contributed by atoms with E-state index in [2.05, 4.69) is 11.5 Å². The second kappa shape index (κ2) is 5.39. The molecule has 5 heteroatoms. The summed E-state index contributed by atoms with van der Waals surface area (Å²) in [5.74, 6) is 0. The number of nitro groups is 1. The second-order valence-corrected chi connectivity index (χ2v) is 3.72. The number of pyridine rings is 1. The minimum atomic E-state index is -0.365. The molecular weight excluding hydrogens is 331 g/mol. The molecule has 0 bridgehead atoms. The van der Waals surface area contributed by atoms with Crippen LogP contribution in [0.4, 0.5) is 5.69 Å². The van der Waals surface area contributed by atoms with Crippen molar-refractivity contribution < 1.29 is 33.5 Å². The molecule has 0 aliphatic heterocycles. The zero-order valence-corrected chi connectivity index (χ0v) is 11.8. The van der Waals surface area contributed by atoms with Gasteiger partial charge in [0.25, 0.3) is 5.69 Å². The summed E-state index contributed by atoms with van der Waals surface area (Å²) in [6, 6.07) is 8.87. The van der Waals surface area contributed by atoms with Gasteiger partial charge in [0.2, 0.25) is 5.52 Å². The van der Waals surface area contributed by atoms with Gasteiger partial charge in [0, 0.05) is 31.2 Å². The molecule has 4 nitrogen and oxygen atoms in total. The molecule has 90 valence electrons. The first-order valence-electron chi connectivity index (χ1n) is 5.21. The zero-order valence-electron chi connectivity index (χ0n) is 9.68. The fourth-order valence-electron chi connectivity index (χ4n) is 1.94. The molecule has 0 saturated heterocycles. The van der Waals surface area contributed by atoms with Gasteiger partial charge in [-0.25, -0.2) is 0 Å². The fraction of sp³-hybridized carbons (Fsp3) is 0.250. The Morgan fingerprint density at radius 2 is 2.00 bits per heavy atom. The lowest BCUT2D eigenvalue weighted by atomic mass is 10.1. The lowest BCUT2D eigenvalue weighted by molar-refractivity contribution is -0.673. The molecule has 0 aliphatic rings. The van der Waals surface area contributed by atoms with Crippen LogP contribution >= 0.6 is 0 Å². The lowest BCUT2D eigenvalue weighted by Gasteiger charge is -2.01. The Balaban J connectivity index is 0.00000144. The topological polar surface area (TPSA) is 47.0 Å². The summed E-state index contributed by atoms with van der Waals surface area (Å²) >= 11 is 0. The van der Waals surface area contributed by atoms with E-state index in [1.807, 2.05) is 25.1 Å². The number of nitrogens with zero attached hydrogens (tertiary/aromatic N) is 2. The number of halogens is 1. The van der Waals surface area contributed by atoms with Crippen LogP contribution in [0.1, 0.15) is 12.6 Å². The first-order valence-corrected chi connectivity index (χ1v) is 5.21. The van der Waals surface area contributed by atoms with Crippen molar-refractivity contribution in [2.24, 2.45) is 0 Å². The molecule has 0 saturated carbocycles. The Morgan fingerprint density at radius 3 is 2.59 bits per heavy atom. The summed E-state index contributed by atoms with van der Waals surface area (Å²) in [5, 5.41) is 11.6. The third-order valence-corrected chi connectivity index (χ3v) is 2.76. The van der Waals surface area contributed by atoms with Crippen LogP contribution in [0.25, 0.3) is 10.9 Å². The van der Waals surface area contributed by atoms with Gasteiger partial charge in [-0.05, 0) is 13.0 Å². The highest BCUT2D eigenvalue weighted by Crippen LogP contribution is 2.18. The van der Waals surface area contributed by atoms with Crippen LogP contribution in [0.3, 0.4) is 0 Å². The highest BCUT2D eigenvalue weighted by atomic mass is 127. The molecule has 2 aromatic rings. The Hall–Kier alpha value is -1.24. The minimum absolute atomic E-state index is 0. The van der Waals surface area contributed by atoms with Crippen LogP contribution in [-0.2, 0) is 6.54 Å². The third-order valence-electron chi connectivity index (χ3n) is 2.76. The van der Waals surface area contributed by atoms with Crippen molar-refractivity contribution in [1.82, 2.24) is 0 Å². The van der Waals surface area contributed by atoms with E-state index >= 15 is 0 Å². The number of aryl methyl sites for hydroxylation is 2. The first kappa shape index (κ1) is 13.8. The average Bonchev–Trinajstić information content (AvgIpc) is 2.28. The lowest BCUT2D eigenvalue weighted by Crippen LogP contribution is -3.00. The molecule has 1 aromatic heterocycles. The SMILES string of the molecule is CC[n+]1c(C)ccc2cc([N+](=O)[O-])ccc21.[I-]. The molecule has 0 radical (unpaired) electrons. The number of fused-ring (bicyclic) bond motifs is 1. The fourth-order valence-corrected chi connectivity index (χ4v) is 1.94. The highest BCUT2D eigenvalue weighted by Gasteiger charge is 2.14. The number of hydrogen-bond acceptors (Lipinski definition) is 2. The van der Waals surface area contributed by atoms with Crippen molar-refractivity contribution in [3.63, 3.8) is 0 Å². The number of benzene rings is 1. The minimum Gasteiger partial charge on any atom is -1.00 e. The molecule has 0 fully saturated rings. The maximum absolute atomic E-state index is 10.7. The summed E-state index contributed by atoms with van der Waals surface area (Å²) in [5.41, 5.74) is 2.33. The predicted molar refractivity (Wildman–Crippen MR) is 61.2 cm³/mol. The third kappa shape index (κ3) is 2.54. The van der Waals surface area contributed by atoms with E-state index in [0.29, 0.717) is 0 Å². The molecule has 0 aliphatic carbocycles. The first-order chi connectivity index (χ1) is 7.63. The van der Waals surface area contributed by atoms with Gasteiger partial charge in [0.15, 0.2) is 5.69 Å². The maximum atomic E-state index is 10.7. The van der Waals surface area contributed by atoms with Gasteiger partial charge < -0.3 is 24.0 Å². The Kier molecular flexibility index (Phi) is 4.39. The Labute approximate surface area is 116 Å². The summed E-state index contributed by atoms with van der Waals surface area (Å²) < 4.78 is 2.14. The molecule has 1 aromatic carbocycles. The van der Waals surface area contributed by atoms with E-state index in [1.54, 1.807) is 12.1 Å². The molecule has 0 spiro atoms. The molecule has 0 N–H and O–H groups in total. The van der Waals surface area contributed by atoms with Crippen molar-refractivity contribution in [2.75, 3.05) is 0 Å². The van der Waals surface area contributed by atoms with Crippen LogP contribution in [0.2, 0.25) is 0 Å². The molecule has 1 heterocycles. The van der Waals surface area contributed by atoms with Gasteiger partial charge in [0.05, 0.1) is 10.3 Å². The van der Waals surface area contributed by atoms with Crippen LogP contribution in [0.5, 0.6) is 0 Å². The quantitative estimate of drug-likeness (QED) is 0.315. The van der Waals surface area contributed by atoms with Crippen molar-refractivity contribution in [3.8, 4) is 0 Å². The van der Waals surface area contributed by atoms with Crippen molar-refractivity contribution in [2.45, 2.75) is 20.4 Å². The standard InChI is InChI=1S/C12H13N2O2.HI/c1-3-13-9(2)4-5-10-8-11(14(15)16)6-7-12(10)13;/h4-8H,3H2,1-2H3;1H/q+1;/p-1. The number of hydrogen-bond donors (Lipinski definition) is 0. The summed E-state index contributed by atoms with van der Waals surface area (Å²) in [6.45, 7) is 4.96. The number of nitro benzene ring substituents is 1. The second-order valence-electron chi connectivity index (χ2n) is 3.72. The van der Waals surface area contributed by atoms with E-state index in [4.69, 9.17) is 0 Å². The molecule has 0 atom stereocenters.